The Balaban J connectivity index is 2.30. The molecule has 1 aliphatic rings. The van der Waals surface area contributed by atoms with Crippen molar-refractivity contribution in [1.82, 2.24) is 15.5 Å². The molecule has 0 spiro atoms. The predicted octanol–water partition coefficient (Wildman–Crippen LogP) is 1.57. The summed E-state index contributed by atoms with van der Waals surface area (Å²) in [4.78, 5) is 7.11. The first-order chi connectivity index (χ1) is 10.4. The van der Waals surface area contributed by atoms with Crippen LogP contribution in [-0.4, -0.2) is 64.8 Å². The fourth-order valence-electron chi connectivity index (χ4n) is 2.40. The Morgan fingerprint density at radius 3 is 2.45 bits per heavy atom. The van der Waals surface area contributed by atoms with Crippen LogP contribution in [0.4, 0.5) is 0 Å². The number of nitrogens with one attached hydrogen (secondary N) is 2. The lowest BCUT2D eigenvalue weighted by molar-refractivity contribution is 0.235. The summed E-state index contributed by atoms with van der Waals surface area (Å²) in [6, 6.07) is 0. The molecule has 0 saturated carbocycles. The number of hydrogen-bond donors (Lipinski definition) is 2. The first-order valence-corrected chi connectivity index (χ1v) is 9.88. The largest absolute Gasteiger partial charge is 0.357 e. The van der Waals surface area contributed by atoms with Crippen molar-refractivity contribution in [1.29, 1.82) is 0 Å². The van der Waals surface area contributed by atoms with E-state index in [2.05, 4.69) is 27.4 Å². The van der Waals surface area contributed by atoms with Crippen LogP contribution in [0.15, 0.2) is 4.99 Å². The Kier molecular flexibility index (Phi) is 9.02. The van der Waals surface area contributed by atoms with Gasteiger partial charge in [-0.1, -0.05) is 6.42 Å². The third-order valence-corrected chi connectivity index (χ3v) is 5.68. The second-order valence-corrected chi connectivity index (χ2v) is 9.08. The van der Waals surface area contributed by atoms with Crippen molar-refractivity contribution in [2.24, 2.45) is 4.99 Å². The Morgan fingerprint density at radius 1 is 1.18 bits per heavy atom. The van der Waals surface area contributed by atoms with Gasteiger partial charge < -0.3 is 15.5 Å². The average Bonchev–Trinajstić information content (AvgIpc) is 2.47. The van der Waals surface area contributed by atoms with Crippen molar-refractivity contribution in [2.45, 2.75) is 51.7 Å². The van der Waals surface area contributed by atoms with Crippen molar-refractivity contribution in [3.63, 3.8) is 0 Å². The molecule has 0 radical (unpaired) electrons. The van der Waals surface area contributed by atoms with E-state index in [-0.39, 0.29) is 4.75 Å². The van der Waals surface area contributed by atoms with E-state index in [1.54, 1.807) is 0 Å². The summed E-state index contributed by atoms with van der Waals surface area (Å²) in [6.07, 6.45) is 4.01. The molecule has 1 fully saturated rings. The molecule has 0 aromatic carbocycles. The van der Waals surface area contributed by atoms with Crippen LogP contribution >= 0.6 is 0 Å². The van der Waals surface area contributed by atoms with Gasteiger partial charge in [0.1, 0.15) is 0 Å². The lowest BCUT2D eigenvalue weighted by Gasteiger charge is -2.25. The van der Waals surface area contributed by atoms with Crippen LogP contribution in [0.2, 0.25) is 0 Å². The first kappa shape index (κ1) is 19.4. The highest BCUT2D eigenvalue weighted by molar-refractivity contribution is 7.86. The molecule has 1 atom stereocenters. The van der Waals surface area contributed by atoms with Crippen LogP contribution in [0, 0.1) is 0 Å². The second-order valence-electron chi connectivity index (χ2n) is 6.75. The number of nitrogens with zero attached hydrogens (tertiary/aromatic N) is 2. The number of piperidine rings is 1. The minimum Gasteiger partial charge on any atom is -0.357 e. The number of likely N-dealkylation sites (tertiary alicyclic amines) is 1. The van der Waals surface area contributed by atoms with Crippen molar-refractivity contribution in [3.8, 4) is 0 Å². The van der Waals surface area contributed by atoms with Crippen LogP contribution in [-0.2, 0) is 10.8 Å². The Bertz CT molecular complexity index is 360. The third-order valence-electron chi connectivity index (χ3n) is 3.74. The lowest BCUT2D eigenvalue weighted by Crippen LogP contribution is -2.41. The Labute approximate surface area is 138 Å². The van der Waals surface area contributed by atoms with Gasteiger partial charge in [0.15, 0.2) is 5.96 Å². The number of guanidine groups is 1. The van der Waals surface area contributed by atoms with E-state index in [1.807, 2.05) is 20.8 Å². The normalized spacial score (nSPS) is 19.0. The summed E-state index contributed by atoms with van der Waals surface area (Å²) in [6.45, 7) is 13.9. The zero-order chi connectivity index (χ0) is 16.4. The molecule has 0 aromatic heterocycles. The average molecular weight is 331 g/mol. The summed E-state index contributed by atoms with van der Waals surface area (Å²) in [5.41, 5.74) is 0. The van der Waals surface area contributed by atoms with Crippen molar-refractivity contribution >= 4 is 16.8 Å². The summed E-state index contributed by atoms with van der Waals surface area (Å²) >= 11 is 0. The third kappa shape index (κ3) is 8.13. The Morgan fingerprint density at radius 2 is 1.86 bits per heavy atom. The van der Waals surface area contributed by atoms with Crippen LogP contribution in [0.5, 0.6) is 0 Å². The van der Waals surface area contributed by atoms with Crippen LogP contribution in [0.3, 0.4) is 0 Å². The zero-order valence-electron chi connectivity index (χ0n) is 14.8. The van der Waals surface area contributed by atoms with E-state index in [0.717, 1.165) is 25.6 Å². The fourth-order valence-corrected chi connectivity index (χ4v) is 3.30. The highest BCUT2D eigenvalue weighted by Gasteiger charge is 2.18. The van der Waals surface area contributed by atoms with Crippen molar-refractivity contribution in [2.75, 3.05) is 45.0 Å². The first-order valence-electron chi connectivity index (χ1n) is 8.56. The Hall–Kier alpha value is -0.620. The number of hydrogen-bond acceptors (Lipinski definition) is 3. The predicted molar refractivity (Wildman–Crippen MR) is 97.0 cm³/mol. The molecular formula is C16H34N4OS. The molecule has 5 nitrogen and oxygen atoms in total. The molecule has 6 heteroatoms. The molecule has 1 saturated heterocycles. The fraction of sp³-hybridized carbons (Fsp3) is 0.938. The van der Waals surface area contributed by atoms with Crippen LogP contribution in [0.25, 0.3) is 0 Å². The summed E-state index contributed by atoms with van der Waals surface area (Å²) in [5, 5.41) is 6.54. The molecule has 0 bridgehead atoms. The van der Waals surface area contributed by atoms with E-state index >= 15 is 0 Å². The summed E-state index contributed by atoms with van der Waals surface area (Å²) in [5.74, 6) is 1.49. The summed E-state index contributed by atoms with van der Waals surface area (Å²) < 4.78 is 11.9. The van der Waals surface area contributed by atoms with Gasteiger partial charge in [0, 0.05) is 40.9 Å². The topological polar surface area (TPSA) is 56.7 Å². The molecule has 1 aliphatic heterocycles. The number of aliphatic imine (C=N–C) groups is 1. The van der Waals surface area contributed by atoms with Gasteiger partial charge in [-0.2, -0.15) is 0 Å². The molecule has 1 heterocycles. The summed E-state index contributed by atoms with van der Waals surface area (Å²) in [7, 11) is -0.821. The quantitative estimate of drug-likeness (QED) is 0.550. The molecular weight excluding hydrogens is 296 g/mol. The van der Waals surface area contributed by atoms with Gasteiger partial charge in [-0.05, 0) is 53.6 Å². The maximum atomic E-state index is 12.0. The smallest absolute Gasteiger partial charge is 0.191 e. The molecule has 22 heavy (non-hydrogen) atoms. The van der Waals surface area contributed by atoms with E-state index in [1.165, 1.54) is 32.4 Å². The maximum absolute atomic E-state index is 12.0. The minimum absolute atomic E-state index is 0.147. The van der Waals surface area contributed by atoms with Gasteiger partial charge in [-0.25, -0.2) is 0 Å². The van der Waals surface area contributed by atoms with Gasteiger partial charge in [-0.3, -0.25) is 9.20 Å². The standard InChI is InChI=1S/C16H34N4OS/c1-5-17-15(19-10-14-22(21)16(2,3)4)18-9-13-20-11-7-6-8-12-20/h5-14H2,1-4H3,(H2,17,18,19). The van der Waals surface area contributed by atoms with Crippen molar-refractivity contribution in [3.05, 3.63) is 0 Å². The maximum Gasteiger partial charge on any atom is 0.191 e. The number of rotatable bonds is 7. The second kappa shape index (κ2) is 10.2. The van der Waals surface area contributed by atoms with Crippen LogP contribution < -0.4 is 10.6 Å². The molecule has 1 rings (SSSR count). The van der Waals surface area contributed by atoms with Gasteiger partial charge in [-0.15, -0.1) is 0 Å². The minimum atomic E-state index is -0.821. The van der Waals surface area contributed by atoms with Gasteiger partial charge in [0.05, 0.1) is 6.54 Å². The molecule has 1 unspecified atom stereocenters. The van der Waals surface area contributed by atoms with E-state index in [4.69, 9.17) is 0 Å². The monoisotopic (exact) mass is 330 g/mol. The van der Waals surface area contributed by atoms with Crippen molar-refractivity contribution < 1.29 is 4.21 Å². The molecule has 0 aromatic rings. The molecule has 0 aliphatic carbocycles. The van der Waals surface area contributed by atoms with Gasteiger partial charge in [0.25, 0.3) is 0 Å². The van der Waals surface area contributed by atoms with E-state index in [0.29, 0.717) is 12.3 Å². The highest BCUT2D eigenvalue weighted by atomic mass is 32.2. The van der Waals surface area contributed by atoms with Crippen LogP contribution in [0.1, 0.15) is 47.0 Å². The van der Waals surface area contributed by atoms with Gasteiger partial charge >= 0.3 is 0 Å². The molecule has 2 N–H and O–H groups in total. The van der Waals surface area contributed by atoms with Gasteiger partial charge in [0.2, 0.25) is 0 Å². The van der Waals surface area contributed by atoms with E-state index < -0.39 is 10.8 Å². The highest BCUT2D eigenvalue weighted by Crippen LogP contribution is 2.10. The lowest BCUT2D eigenvalue weighted by atomic mass is 10.1. The molecule has 0 amide bonds. The molecule has 130 valence electrons. The zero-order valence-corrected chi connectivity index (χ0v) is 15.6. The SMILES string of the molecule is CCNC(=NCCN1CCCCC1)NCCS(=O)C(C)(C)C. The van der Waals surface area contributed by atoms with E-state index in [9.17, 15) is 4.21 Å².